The van der Waals surface area contributed by atoms with Gasteiger partial charge >= 0.3 is 0 Å². The Morgan fingerprint density at radius 1 is 1.46 bits per heavy atom. The summed E-state index contributed by atoms with van der Waals surface area (Å²) in [7, 11) is 0. The van der Waals surface area contributed by atoms with Crippen LogP contribution in [0.25, 0.3) is 0 Å². The summed E-state index contributed by atoms with van der Waals surface area (Å²) >= 11 is 0. The maximum atomic E-state index is 11.5. The Morgan fingerprint density at radius 3 is 2.54 bits per heavy atom. The third-order valence-corrected chi connectivity index (χ3v) is 2.81. The Bertz CT molecular complexity index is 183. The summed E-state index contributed by atoms with van der Waals surface area (Å²) < 4.78 is 0. The summed E-state index contributed by atoms with van der Waals surface area (Å²) in [6.45, 7) is 6.39. The molecule has 0 aromatic carbocycles. The number of hydrogen-bond acceptors (Lipinski definition) is 1. The van der Waals surface area contributed by atoms with Gasteiger partial charge in [0, 0.05) is 12.6 Å². The molecule has 0 bridgehead atoms. The van der Waals surface area contributed by atoms with Gasteiger partial charge in [-0.05, 0) is 25.8 Å². The Kier molecular flexibility index (Phi) is 4.00. The highest BCUT2D eigenvalue weighted by atomic mass is 16.2. The number of rotatable bonds is 3. The van der Waals surface area contributed by atoms with Crippen LogP contribution in [-0.4, -0.2) is 23.4 Å². The molecule has 1 amide bonds. The summed E-state index contributed by atoms with van der Waals surface area (Å²) in [5, 5.41) is 0. The molecule has 0 aliphatic heterocycles. The van der Waals surface area contributed by atoms with Crippen LogP contribution in [0.15, 0.2) is 12.7 Å². The smallest absolute Gasteiger partial charge is 0.246 e. The van der Waals surface area contributed by atoms with Crippen molar-refractivity contribution >= 4 is 5.91 Å². The van der Waals surface area contributed by atoms with Gasteiger partial charge < -0.3 is 4.90 Å². The summed E-state index contributed by atoms with van der Waals surface area (Å²) in [5.41, 5.74) is 0. The minimum Gasteiger partial charge on any atom is -0.336 e. The van der Waals surface area contributed by atoms with Crippen molar-refractivity contribution in [2.75, 3.05) is 6.54 Å². The fourth-order valence-electron chi connectivity index (χ4n) is 2.10. The fraction of sp³-hybridized carbons (Fsp3) is 0.727. The van der Waals surface area contributed by atoms with E-state index in [9.17, 15) is 4.79 Å². The first-order valence-corrected chi connectivity index (χ1v) is 5.22. The van der Waals surface area contributed by atoms with E-state index < -0.39 is 0 Å². The van der Waals surface area contributed by atoms with E-state index in [1.165, 1.54) is 38.2 Å². The van der Waals surface area contributed by atoms with Gasteiger partial charge in [-0.15, -0.1) is 0 Å². The van der Waals surface area contributed by atoms with E-state index in [1.807, 2.05) is 11.8 Å². The van der Waals surface area contributed by atoms with Crippen LogP contribution in [0.4, 0.5) is 0 Å². The highest BCUT2D eigenvalue weighted by Crippen LogP contribution is 2.22. The Labute approximate surface area is 80.6 Å². The molecule has 2 nitrogen and oxygen atoms in total. The summed E-state index contributed by atoms with van der Waals surface area (Å²) in [4.78, 5) is 13.4. The Morgan fingerprint density at radius 2 is 2.08 bits per heavy atom. The molecule has 1 rings (SSSR count). The van der Waals surface area contributed by atoms with Crippen LogP contribution in [-0.2, 0) is 4.79 Å². The minimum atomic E-state index is 0.0920. The van der Waals surface area contributed by atoms with Gasteiger partial charge in [0.1, 0.15) is 0 Å². The molecule has 0 saturated heterocycles. The SMILES string of the molecule is C=CC(=O)N(CC)C1CCCCC1. The van der Waals surface area contributed by atoms with Crippen LogP contribution in [0.1, 0.15) is 39.0 Å². The molecule has 74 valence electrons. The lowest BCUT2D eigenvalue weighted by Gasteiger charge is -2.32. The van der Waals surface area contributed by atoms with Crippen molar-refractivity contribution in [3.8, 4) is 0 Å². The molecular formula is C11H19NO. The Balaban J connectivity index is 2.53. The van der Waals surface area contributed by atoms with Crippen molar-refractivity contribution in [3.05, 3.63) is 12.7 Å². The van der Waals surface area contributed by atoms with E-state index in [2.05, 4.69) is 6.58 Å². The maximum Gasteiger partial charge on any atom is 0.246 e. The zero-order chi connectivity index (χ0) is 9.68. The van der Waals surface area contributed by atoms with E-state index >= 15 is 0 Å². The van der Waals surface area contributed by atoms with Gasteiger partial charge in [0.25, 0.3) is 0 Å². The van der Waals surface area contributed by atoms with Crippen LogP contribution in [0.2, 0.25) is 0 Å². The van der Waals surface area contributed by atoms with Crippen LogP contribution in [0.5, 0.6) is 0 Å². The van der Waals surface area contributed by atoms with Gasteiger partial charge in [-0.25, -0.2) is 0 Å². The highest BCUT2D eigenvalue weighted by Gasteiger charge is 2.21. The minimum absolute atomic E-state index is 0.0920. The van der Waals surface area contributed by atoms with E-state index in [1.54, 1.807) is 0 Å². The van der Waals surface area contributed by atoms with Crippen LogP contribution < -0.4 is 0 Å². The number of carbonyl (C=O) groups is 1. The fourth-order valence-corrected chi connectivity index (χ4v) is 2.10. The second kappa shape index (κ2) is 5.05. The largest absolute Gasteiger partial charge is 0.336 e. The van der Waals surface area contributed by atoms with Crippen molar-refractivity contribution in [1.82, 2.24) is 4.90 Å². The monoisotopic (exact) mass is 181 g/mol. The lowest BCUT2D eigenvalue weighted by molar-refractivity contribution is -0.128. The molecule has 0 aromatic rings. The topological polar surface area (TPSA) is 20.3 Å². The molecule has 1 aliphatic rings. The first kappa shape index (κ1) is 10.3. The van der Waals surface area contributed by atoms with Crippen molar-refractivity contribution < 1.29 is 4.79 Å². The van der Waals surface area contributed by atoms with Crippen molar-refractivity contribution in [1.29, 1.82) is 0 Å². The summed E-state index contributed by atoms with van der Waals surface area (Å²) in [6.07, 6.45) is 7.65. The predicted molar refractivity (Wildman–Crippen MR) is 54.5 cm³/mol. The molecule has 2 heteroatoms. The third kappa shape index (κ3) is 2.58. The highest BCUT2D eigenvalue weighted by molar-refractivity contribution is 5.87. The van der Waals surface area contributed by atoms with Gasteiger partial charge in [0.15, 0.2) is 0 Å². The molecule has 0 N–H and O–H groups in total. The summed E-state index contributed by atoms with van der Waals surface area (Å²) in [6, 6.07) is 0.476. The second-order valence-corrected chi connectivity index (χ2v) is 3.62. The first-order chi connectivity index (χ1) is 6.29. The zero-order valence-corrected chi connectivity index (χ0v) is 8.46. The van der Waals surface area contributed by atoms with E-state index in [0.717, 1.165) is 6.54 Å². The molecule has 13 heavy (non-hydrogen) atoms. The lowest BCUT2D eigenvalue weighted by atomic mass is 9.94. The molecule has 0 spiro atoms. The predicted octanol–water partition coefficient (Wildman–Crippen LogP) is 2.35. The van der Waals surface area contributed by atoms with Gasteiger partial charge in [-0.2, -0.15) is 0 Å². The van der Waals surface area contributed by atoms with E-state index in [0.29, 0.717) is 6.04 Å². The van der Waals surface area contributed by atoms with Gasteiger partial charge in [-0.1, -0.05) is 25.8 Å². The molecular weight excluding hydrogens is 162 g/mol. The van der Waals surface area contributed by atoms with Gasteiger partial charge in [-0.3, -0.25) is 4.79 Å². The molecule has 1 fully saturated rings. The van der Waals surface area contributed by atoms with Crippen LogP contribution in [0, 0.1) is 0 Å². The molecule has 0 unspecified atom stereocenters. The number of hydrogen-bond donors (Lipinski definition) is 0. The molecule has 0 aromatic heterocycles. The molecule has 0 atom stereocenters. The van der Waals surface area contributed by atoms with E-state index in [-0.39, 0.29) is 5.91 Å². The van der Waals surface area contributed by atoms with Gasteiger partial charge in [0.2, 0.25) is 5.91 Å². The number of nitrogens with zero attached hydrogens (tertiary/aromatic N) is 1. The number of amides is 1. The van der Waals surface area contributed by atoms with E-state index in [4.69, 9.17) is 0 Å². The van der Waals surface area contributed by atoms with Gasteiger partial charge in [0.05, 0.1) is 0 Å². The van der Waals surface area contributed by atoms with Crippen molar-refractivity contribution in [2.45, 2.75) is 45.1 Å². The molecule has 1 aliphatic carbocycles. The standard InChI is InChI=1S/C11H19NO/c1-3-11(13)12(4-2)10-8-6-5-7-9-10/h3,10H,1,4-9H2,2H3. The maximum absolute atomic E-state index is 11.5. The molecule has 0 radical (unpaired) electrons. The van der Waals surface area contributed by atoms with Crippen LogP contribution >= 0.6 is 0 Å². The average molecular weight is 181 g/mol. The summed E-state index contributed by atoms with van der Waals surface area (Å²) in [5.74, 6) is 0.0920. The average Bonchev–Trinajstić information content (AvgIpc) is 2.20. The van der Waals surface area contributed by atoms with Crippen LogP contribution in [0.3, 0.4) is 0 Å². The molecule has 0 heterocycles. The lowest BCUT2D eigenvalue weighted by Crippen LogP contribution is -2.40. The first-order valence-electron chi connectivity index (χ1n) is 5.22. The van der Waals surface area contributed by atoms with Crippen molar-refractivity contribution in [3.63, 3.8) is 0 Å². The zero-order valence-electron chi connectivity index (χ0n) is 8.46. The normalized spacial score (nSPS) is 18.2. The number of carbonyl (C=O) groups excluding carboxylic acids is 1. The Hall–Kier alpha value is -0.790. The second-order valence-electron chi connectivity index (χ2n) is 3.62. The quantitative estimate of drug-likeness (QED) is 0.612. The number of likely N-dealkylation sites (N-methyl/N-ethyl adjacent to an activating group) is 1. The molecule has 1 saturated carbocycles. The van der Waals surface area contributed by atoms with Crippen molar-refractivity contribution in [2.24, 2.45) is 0 Å². The third-order valence-electron chi connectivity index (χ3n) is 2.81.